The highest BCUT2D eigenvalue weighted by atomic mass is 19.1. The third-order valence-electron chi connectivity index (χ3n) is 4.93. The van der Waals surface area contributed by atoms with Crippen LogP contribution >= 0.6 is 0 Å². The van der Waals surface area contributed by atoms with E-state index >= 15 is 0 Å². The van der Waals surface area contributed by atoms with Crippen molar-refractivity contribution in [2.24, 2.45) is 0 Å². The van der Waals surface area contributed by atoms with Gasteiger partial charge in [0.15, 0.2) is 0 Å². The molecule has 1 aliphatic heterocycles. The summed E-state index contributed by atoms with van der Waals surface area (Å²) in [5, 5.41) is 2.90. The summed E-state index contributed by atoms with van der Waals surface area (Å²) in [6, 6.07) is 13.8. The first-order chi connectivity index (χ1) is 13.6. The highest BCUT2D eigenvalue weighted by Gasteiger charge is 2.16. The Morgan fingerprint density at radius 2 is 1.79 bits per heavy atom. The van der Waals surface area contributed by atoms with E-state index in [9.17, 15) is 9.18 Å². The molecular formula is C22H22FN3O2. The number of oxazole rings is 1. The minimum absolute atomic E-state index is 0.115. The van der Waals surface area contributed by atoms with Gasteiger partial charge in [-0.25, -0.2) is 9.37 Å². The fourth-order valence-electron chi connectivity index (χ4n) is 3.40. The Morgan fingerprint density at radius 1 is 1.11 bits per heavy atom. The van der Waals surface area contributed by atoms with E-state index in [-0.39, 0.29) is 18.1 Å². The van der Waals surface area contributed by atoms with Crippen molar-refractivity contribution in [1.82, 2.24) is 4.98 Å². The van der Waals surface area contributed by atoms with E-state index in [0.29, 0.717) is 22.9 Å². The number of carbonyl (C=O) groups is 1. The minimum atomic E-state index is -0.317. The largest absolute Gasteiger partial charge is 0.441 e. The Hall–Kier alpha value is -3.15. The van der Waals surface area contributed by atoms with Crippen LogP contribution in [0.2, 0.25) is 0 Å². The lowest BCUT2D eigenvalue weighted by atomic mass is 10.2. The molecule has 2 aromatic carbocycles. The summed E-state index contributed by atoms with van der Waals surface area (Å²) in [6.45, 7) is 3.95. The molecule has 1 saturated heterocycles. The van der Waals surface area contributed by atoms with Crippen molar-refractivity contribution in [2.75, 3.05) is 23.3 Å². The van der Waals surface area contributed by atoms with Crippen LogP contribution in [0.4, 0.5) is 15.8 Å². The zero-order valence-corrected chi connectivity index (χ0v) is 15.7. The lowest BCUT2D eigenvalue weighted by Crippen LogP contribution is -2.18. The maximum atomic E-state index is 13.1. The van der Waals surface area contributed by atoms with Gasteiger partial charge in [-0.15, -0.1) is 0 Å². The molecule has 1 aromatic heterocycles. The number of nitrogens with one attached hydrogen (secondary N) is 1. The number of aryl methyl sites for hydroxylation is 1. The van der Waals surface area contributed by atoms with Crippen molar-refractivity contribution < 1.29 is 13.6 Å². The average Bonchev–Trinajstić information content (AvgIpc) is 3.34. The summed E-state index contributed by atoms with van der Waals surface area (Å²) in [6.07, 6.45) is 2.58. The van der Waals surface area contributed by atoms with Crippen LogP contribution in [0.1, 0.15) is 24.3 Å². The summed E-state index contributed by atoms with van der Waals surface area (Å²) in [5.74, 6) is 0.493. The van der Waals surface area contributed by atoms with Gasteiger partial charge < -0.3 is 14.6 Å². The molecule has 0 saturated carbocycles. The molecule has 6 heteroatoms. The van der Waals surface area contributed by atoms with E-state index < -0.39 is 0 Å². The van der Waals surface area contributed by atoms with Gasteiger partial charge in [-0.2, -0.15) is 0 Å². The molecule has 0 radical (unpaired) electrons. The highest BCUT2D eigenvalue weighted by Crippen LogP contribution is 2.24. The van der Waals surface area contributed by atoms with E-state index in [0.717, 1.165) is 18.8 Å². The van der Waals surface area contributed by atoms with E-state index in [4.69, 9.17) is 4.42 Å². The Morgan fingerprint density at radius 3 is 2.46 bits per heavy atom. The van der Waals surface area contributed by atoms with Gasteiger partial charge in [0.05, 0.1) is 12.1 Å². The molecule has 1 fully saturated rings. The van der Waals surface area contributed by atoms with E-state index in [1.54, 1.807) is 19.1 Å². The number of aromatic nitrogens is 1. The molecule has 0 bridgehead atoms. The quantitative estimate of drug-likeness (QED) is 0.705. The number of hydrogen-bond donors (Lipinski definition) is 1. The van der Waals surface area contributed by atoms with Gasteiger partial charge in [-0.1, -0.05) is 0 Å². The molecule has 4 rings (SSSR count). The predicted octanol–water partition coefficient (Wildman–Crippen LogP) is 4.57. The third-order valence-corrected chi connectivity index (χ3v) is 4.93. The van der Waals surface area contributed by atoms with Gasteiger partial charge in [-0.3, -0.25) is 4.79 Å². The van der Waals surface area contributed by atoms with Crippen LogP contribution < -0.4 is 10.2 Å². The molecule has 0 spiro atoms. The first kappa shape index (κ1) is 18.2. The highest BCUT2D eigenvalue weighted by molar-refractivity contribution is 5.92. The molecule has 0 unspecified atom stereocenters. The first-order valence-electron chi connectivity index (χ1n) is 9.45. The summed E-state index contributed by atoms with van der Waals surface area (Å²) < 4.78 is 18.7. The molecule has 0 atom stereocenters. The van der Waals surface area contributed by atoms with Crippen molar-refractivity contribution in [2.45, 2.75) is 26.2 Å². The smallest absolute Gasteiger partial charge is 0.230 e. The summed E-state index contributed by atoms with van der Waals surface area (Å²) in [7, 11) is 0. The maximum absolute atomic E-state index is 13.1. The number of rotatable bonds is 5. The van der Waals surface area contributed by atoms with Crippen molar-refractivity contribution >= 4 is 17.3 Å². The molecular weight excluding hydrogens is 357 g/mol. The molecule has 3 aromatic rings. The lowest BCUT2D eigenvalue weighted by molar-refractivity contribution is -0.115. The van der Waals surface area contributed by atoms with Crippen molar-refractivity contribution in [3.05, 3.63) is 65.8 Å². The Balaban J connectivity index is 1.40. The average molecular weight is 379 g/mol. The van der Waals surface area contributed by atoms with Crippen LogP contribution in [0.15, 0.2) is 52.9 Å². The van der Waals surface area contributed by atoms with Crippen molar-refractivity contribution in [1.29, 1.82) is 0 Å². The van der Waals surface area contributed by atoms with Crippen molar-refractivity contribution in [3.8, 4) is 11.5 Å². The van der Waals surface area contributed by atoms with Crippen LogP contribution in [0.25, 0.3) is 11.5 Å². The molecule has 1 N–H and O–H groups in total. The zero-order chi connectivity index (χ0) is 19.5. The van der Waals surface area contributed by atoms with Gasteiger partial charge in [0.1, 0.15) is 11.6 Å². The lowest BCUT2D eigenvalue weighted by Gasteiger charge is -2.17. The van der Waals surface area contributed by atoms with Crippen molar-refractivity contribution in [3.63, 3.8) is 0 Å². The molecule has 1 aliphatic rings. The SMILES string of the molecule is Cc1oc(-c2ccc(F)cc2)nc1CC(=O)Nc1ccc(N2CCCC2)cc1. The number of anilines is 2. The Labute approximate surface area is 163 Å². The van der Waals surface area contributed by atoms with Crippen LogP contribution in [0.3, 0.4) is 0 Å². The van der Waals surface area contributed by atoms with Crippen LogP contribution in [0.5, 0.6) is 0 Å². The Bertz CT molecular complexity index is 958. The fraction of sp³-hybridized carbons (Fsp3) is 0.273. The molecule has 28 heavy (non-hydrogen) atoms. The van der Waals surface area contributed by atoms with Gasteiger partial charge in [-0.05, 0) is 68.3 Å². The van der Waals surface area contributed by atoms with Crippen LogP contribution in [0, 0.1) is 12.7 Å². The van der Waals surface area contributed by atoms with Crippen LogP contribution in [-0.2, 0) is 11.2 Å². The van der Waals surface area contributed by atoms with E-state index in [2.05, 4.69) is 15.2 Å². The predicted molar refractivity (Wildman–Crippen MR) is 107 cm³/mol. The van der Waals surface area contributed by atoms with E-state index in [1.807, 2.05) is 24.3 Å². The third kappa shape index (κ3) is 4.06. The second-order valence-corrected chi connectivity index (χ2v) is 6.99. The zero-order valence-electron chi connectivity index (χ0n) is 15.7. The molecule has 5 nitrogen and oxygen atoms in total. The number of nitrogens with zero attached hydrogens (tertiary/aromatic N) is 2. The second-order valence-electron chi connectivity index (χ2n) is 6.99. The van der Waals surface area contributed by atoms with Crippen LogP contribution in [-0.4, -0.2) is 24.0 Å². The van der Waals surface area contributed by atoms with Gasteiger partial charge in [0, 0.05) is 30.0 Å². The number of carbonyl (C=O) groups excluding carboxylic acids is 1. The topological polar surface area (TPSA) is 58.4 Å². The standard InChI is InChI=1S/C22H22FN3O2/c1-15-20(25-22(28-15)16-4-6-17(23)7-5-16)14-21(27)24-18-8-10-19(11-9-18)26-12-2-3-13-26/h4-11H,2-3,12-14H2,1H3,(H,24,27). The molecule has 2 heterocycles. The summed E-state index contributed by atoms with van der Waals surface area (Å²) in [4.78, 5) is 19.2. The Kier molecular flexibility index (Phi) is 5.10. The maximum Gasteiger partial charge on any atom is 0.230 e. The summed E-state index contributed by atoms with van der Waals surface area (Å²) in [5.41, 5.74) is 3.19. The number of amides is 1. The fourth-order valence-corrected chi connectivity index (χ4v) is 3.40. The summed E-state index contributed by atoms with van der Waals surface area (Å²) >= 11 is 0. The van der Waals surface area contributed by atoms with Gasteiger partial charge in [0.2, 0.25) is 11.8 Å². The number of halogens is 1. The molecule has 144 valence electrons. The number of hydrogen-bond acceptors (Lipinski definition) is 4. The number of benzene rings is 2. The minimum Gasteiger partial charge on any atom is -0.441 e. The van der Waals surface area contributed by atoms with E-state index in [1.165, 1.54) is 30.7 Å². The van der Waals surface area contributed by atoms with Gasteiger partial charge >= 0.3 is 0 Å². The molecule has 1 amide bonds. The monoisotopic (exact) mass is 379 g/mol. The molecule has 0 aliphatic carbocycles. The second kappa shape index (κ2) is 7.84. The first-order valence-corrected chi connectivity index (χ1v) is 9.45. The van der Waals surface area contributed by atoms with Gasteiger partial charge in [0.25, 0.3) is 0 Å². The normalized spacial score (nSPS) is 13.7.